The molecule has 1 fully saturated rings. The summed E-state index contributed by atoms with van der Waals surface area (Å²) in [5.74, 6) is -1.37. The number of nitrogens with one attached hydrogen (secondary N) is 1. The minimum atomic E-state index is -1.88. The molecular formula is C28H33F2NO10. The predicted octanol–water partition coefficient (Wildman–Crippen LogP) is 0.280. The number of fused-ring (bicyclic) bond motifs is 2. The van der Waals surface area contributed by atoms with Gasteiger partial charge in [0.25, 0.3) is 0 Å². The number of aliphatic hydroxyl groups excluding tert-OH is 4. The maximum absolute atomic E-state index is 13.7. The Kier molecular flexibility index (Phi) is 9.04. The average molecular weight is 582 g/mol. The molecule has 0 saturated carbocycles. The van der Waals surface area contributed by atoms with Crippen molar-refractivity contribution in [1.29, 1.82) is 0 Å². The Labute approximate surface area is 234 Å². The van der Waals surface area contributed by atoms with Gasteiger partial charge in [0, 0.05) is 13.1 Å². The van der Waals surface area contributed by atoms with Crippen LogP contribution in [-0.2, 0) is 27.1 Å². The van der Waals surface area contributed by atoms with Crippen molar-refractivity contribution < 1.29 is 58.1 Å². The van der Waals surface area contributed by atoms with Gasteiger partial charge in [-0.15, -0.1) is 0 Å². The molecule has 0 spiro atoms. The van der Waals surface area contributed by atoms with Crippen LogP contribution in [0.2, 0.25) is 0 Å². The summed E-state index contributed by atoms with van der Waals surface area (Å²) >= 11 is 0. The number of aryl methyl sites for hydroxylation is 2. The summed E-state index contributed by atoms with van der Waals surface area (Å²) in [4.78, 5) is 11.5. The summed E-state index contributed by atoms with van der Waals surface area (Å²) in [5, 5.41) is 54.0. The molecule has 0 bridgehead atoms. The van der Waals surface area contributed by atoms with E-state index in [1.54, 1.807) is 0 Å². The number of aliphatic hydroxyl groups is 4. The van der Waals surface area contributed by atoms with E-state index in [0.717, 1.165) is 5.56 Å². The van der Waals surface area contributed by atoms with Gasteiger partial charge in [0.1, 0.15) is 65.9 Å². The van der Waals surface area contributed by atoms with Crippen LogP contribution < -0.4 is 14.8 Å². The molecule has 41 heavy (non-hydrogen) atoms. The Morgan fingerprint density at radius 3 is 2.10 bits per heavy atom. The normalized spacial score (nSPS) is 30.7. The van der Waals surface area contributed by atoms with Crippen molar-refractivity contribution in [2.45, 2.75) is 80.8 Å². The highest BCUT2D eigenvalue weighted by Gasteiger charge is 2.49. The first-order chi connectivity index (χ1) is 19.6. The van der Waals surface area contributed by atoms with Crippen molar-refractivity contribution in [2.24, 2.45) is 0 Å². The number of benzene rings is 2. The van der Waals surface area contributed by atoms with E-state index in [0.29, 0.717) is 42.7 Å². The predicted molar refractivity (Wildman–Crippen MR) is 136 cm³/mol. The summed E-state index contributed by atoms with van der Waals surface area (Å²) in [7, 11) is 0. The fourth-order valence-corrected chi connectivity index (χ4v) is 5.40. The van der Waals surface area contributed by atoms with Gasteiger partial charge in [-0.3, -0.25) is 0 Å². The summed E-state index contributed by atoms with van der Waals surface area (Å²) in [6.07, 6.45) is -10.2. The standard InChI is InChI=1S/C28H33F2NO10/c29-15-3-7-18-13(9-15)1-5-20(38-18)17(32)11-31-12-22(21-6-2-14-10-16(30)4-8-19(14)39-21)40-28-25(35)23(33)24(34)26(41-28)27(36)37/h3-4,7-10,17,20-26,28,31-35H,1-2,5-6,11-12H2,(H,36,37)/t17-,20+,21-,22-,23+,24+,25-,26+,28-/m1/s1. The molecule has 0 aromatic heterocycles. The maximum Gasteiger partial charge on any atom is 0.335 e. The van der Waals surface area contributed by atoms with Crippen LogP contribution in [-0.4, -0.2) is 99.7 Å². The zero-order chi connectivity index (χ0) is 29.3. The van der Waals surface area contributed by atoms with Gasteiger partial charge < -0.3 is 49.8 Å². The molecule has 0 radical (unpaired) electrons. The average Bonchev–Trinajstić information content (AvgIpc) is 2.95. The van der Waals surface area contributed by atoms with Gasteiger partial charge in [0.15, 0.2) is 12.4 Å². The van der Waals surface area contributed by atoms with Crippen LogP contribution in [0.4, 0.5) is 8.78 Å². The van der Waals surface area contributed by atoms with Gasteiger partial charge >= 0.3 is 5.97 Å². The highest BCUT2D eigenvalue weighted by atomic mass is 19.1. The lowest BCUT2D eigenvalue weighted by atomic mass is 9.97. The van der Waals surface area contributed by atoms with Gasteiger partial charge in [-0.1, -0.05) is 0 Å². The fourth-order valence-electron chi connectivity index (χ4n) is 5.40. The van der Waals surface area contributed by atoms with E-state index < -0.39 is 66.9 Å². The quantitative estimate of drug-likeness (QED) is 0.241. The van der Waals surface area contributed by atoms with Crippen LogP contribution in [0.25, 0.3) is 0 Å². The van der Waals surface area contributed by atoms with Crippen molar-refractivity contribution >= 4 is 5.97 Å². The lowest BCUT2D eigenvalue weighted by Crippen LogP contribution is -2.62. The molecule has 2 aromatic rings. The van der Waals surface area contributed by atoms with Crippen molar-refractivity contribution in [3.8, 4) is 11.5 Å². The number of carbonyl (C=O) groups is 1. The molecular weight excluding hydrogens is 548 g/mol. The number of halogens is 2. The van der Waals surface area contributed by atoms with E-state index in [9.17, 15) is 39.1 Å². The Morgan fingerprint density at radius 2 is 1.49 bits per heavy atom. The van der Waals surface area contributed by atoms with E-state index >= 15 is 0 Å². The number of aliphatic carboxylic acids is 1. The second-order valence-corrected chi connectivity index (χ2v) is 10.5. The minimum Gasteiger partial charge on any atom is -0.487 e. The van der Waals surface area contributed by atoms with Gasteiger partial charge in [0.05, 0.1) is 0 Å². The van der Waals surface area contributed by atoms with Crippen LogP contribution in [0.5, 0.6) is 11.5 Å². The van der Waals surface area contributed by atoms with E-state index in [2.05, 4.69) is 5.32 Å². The molecule has 224 valence electrons. The Hall–Kier alpha value is -2.91. The maximum atomic E-state index is 13.7. The summed E-state index contributed by atoms with van der Waals surface area (Å²) in [6, 6.07) is 8.33. The zero-order valence-corrected chi connectivity index (χ0v) is 21.9. The molecule has 2 aromatic carbocycles. The zero-order valence-electron chi connectivity index (χ0n) is 21.9. The molecule has 9 atom stereocenters. The molecule has 3 heterocycles. The smallest absolute Gasteiger partial charge is 0.335 e. The number of carboxylic acid groups (broad SMARTS) is 1. The molecule has 5 rings (SSSR count). The molecule has 11 nitrogen and oxygen atoms in total. The second-order valence-electron chi connectivity index (χ2n) is 10.5. The molecule has 3 aliphatic heterocycles. The molecule has 0 amide bonds. The van der Waals surface area contributed by atoms with Crippen LogP contribution in [0.15, 0.2) is 36.4 Å². The first-order valence-electron chi connectivity index (χ1n) is 13.5. The number of rotatable bonds is 9. The third-order valence-electron chi connectivity index (χ3n) is 7.66. The molecule has 13 heteroatoms. The second kappa shape index (κ2) is 12.5. The fraction of sp³-hybridized carbons (Fsp3) is 0.536. The van der Waals surface area contributed by atoms with Crippen molar-refractivity contribution in [3.05, 3.63) is 59.2 Å². The molecule has 0 aliphatic carbocycles. The van der Waals surface area contributed by atoms with Gasteiger partial charge in [0.2, 0.25) is 0 Å². The van der Waals surface area contributed by atoms with E-state index in [4.69, 9.17) is 18.9 Å². The minimum absolute atomic E-state index is 0.0374. The third-order valence-corrected chi connectivity index (χ3v) is 7.66. The lowest BCUT2D eigenvalue weighted by molar-refractivity contribution is -0.309. The van der Waals surface area contributed by atoms with Crippen molar-refractivity contribution in [2.75, 3.05) is 13.1 Å². The molecule has 1 saturated heterocycles. The van der Waals surface area contributed by atoms with Gasteiger partial charge in [-0.25, -0.2) is 13.6 Å². The summed E-state index contributed by atoms with van der Waals surface area (Å²) < 4.78 is 50.4. The van der Waals surface area contributed by atoms with Crippen LogP contribution in [0, 0.1) is 11.6 Å². The van der Waals surface area contributed by atoms with E-state index in [1.165, 1.54) is 36.4 Å². The number of ether oxygens (including phenoxy) is 4. The van der Waals surface area contributed by atoms with Gasteiger partial charge in [-0.2, -0.15) is 0 Å². The topological polar surface area (TPSA) is 167 Å². The Bertz CT molecular complexity index is 1230. The SMILES string of the molecule is O=C(O)[C@H]1O[C@@H](O[C@H](CNC[C@@H](O)[C@@H]2CCc3cc(F)ccc3O2)[C@H]2CCc3cc(F)ccc3O2)[C@H](O)[C@@H](O)[C@@H]1O. The summed E-state index contributed by atoms with van der Waals surface area (Å²) in [5.41, 5.74) is 1.39. The monoisotopic (exact) mass is 581 g/mol. The van der Waals surface area contributed by atoms with E-state index in [1.807, 2.05) is 0 Å². The van der Waals surface area contributed by atoms with Crippen molar-refractivity contribution in [3.63, 3.8) is 0 Å². The van der Waals surface area contributed by atoms with E-state index in [-0.39, 0.29) is 18.9 Å². The van der Waals surface area contributed by atoms with Crippen molar-refractivity contribution in [1.82, 2.24) is 5.32 Å². The summed E-state index contributed by atoms with van der Waals surface area (Å²) in [6.45, 7) is 0.0957. The van der Waals surface area contributed by atoms with Crippen LogP contribution >= 0.6 is 0 Å². The molecule has 6 N–H and O–H groups in total. The first-order valence-corrected chi connectivity index (χ1v) is 13.5. The highest BCUT2D eigenvalue weighted by molar-refractivity contribution is 5.73. The largest absolute Gasteiger partial charge is 0.487 e. The number of carboxylic acids is 1. The number of hydrogen-bond donors (Lipinski definition) is 6. The highest BCUT2D eigenvalue weighted by Crippen LogP contribution is 2.32. The lowest BCUT2D eigenvalue weighted by Gasteiger charge is -2.41. The Balaban J connectivity index is 1.26. The molecule has 3 aliphatic rings. The molecule has 0 unspecified atom stereocenters. The van der Waals surface area contributed by atoms with Crippen LogP contribution in [0.1, 0.15) is 24.0 Å². The first kappa shape index (κ1) is 29.6. The third kappa shape index (κ3) is 6.61. The van der Waals surface area contributed by atoms with Gasteiger partial charge in [-0.05, 0) is 73.2 Å². The van der Waals surface area contributed by atoms with Crippen LogP contribution in [0.3, 0.4) is 0 Å². The number of hydrogen-bond acceptors (Lipinski definition) is 10. The Morgan fingerprint density at radius 1 is 0.902 bits per heavy atom.